The molecule has 6 aromatic heterocycles. The molecule has 16 bridgehead atoms. The van der Waals surface area contributed by atoms with Gasteiger partial charge in [-0.3, -0.25) is 19.6 Å². The molecule has 0 spiro atoms. The second-order valence-corrected chi connectivity index (χ2v) is 28.9. The van der Waals surface area contributed by atoms with E-state index in [-0.39, 0.29) is 23.5 Å². The number of aromatic nitrogens is 10. The normalized spacial score (nSPS) is 14.3. The first-order chi connectivity index (χ1) is 45.4. The minimum absolute atomic E-state index is 0.159. The topological polar surface area (TPSA) is 196 Å². The lowest BCUT2D eigenvalue weighted by atomic mass is 9.98. The van der Waals surface area contributed by atoms with Crippen LogP contribution in [0.15, 0.2) is 119 Å². The van der Waals surface area contributed by atoms with Crippen LogP contribution in [0, 0.1) is 19.7 Å². The van der Waals surface area contributed by atoms with E-state index in [1.54, 1.807) is 69.3 Å². The fourth-order valence-corrected chi connectivity index (χ4v) is 17.2. The van der Waals surface area contributed by atoms with Gasteiger partial charge in [0.15, 0.2) is 0 Å². The number of nitrogens with one attached hydrogen (secondary N) is 2. The molecule has 2 aliphatic rings. The van der Waals surface area contributed by atoms with Crippen LogP contribution >= 0.6 is 58.6 Å². The molecule has 2 aliphatic heterocycles. The zero-order valence-electron chi connectivity index (χ0n) is 53.5. The molecular weight excluding hydrogens is 1280 g/mol. The van der Waals surface area contributed by atoms with E-state index in [1.807, 2.05) is 57.3 Å². The highest BCUT2D eigenvalue weighted by atomic mass is 35.5. The van der Waals surface area contributed by atoms with E-state index in [2.05, 4.69) is 118 Å². The highest BCUT2D eigenvalue weighted by Crippen LogP contribution is 2.45. The Morgan fingerprint density at radius 3 is 1.48 bits per heavy atom. The van der Waals surface area contributed by atoms with Gasteiger partial charge in [-0.25, -0.2) is 14.0 Å². The van der Waals surface area contributed by atoms with Crippen molar-refractivity contribution in [2.24, 2.45) is 14.1 Å². The molecule has 484 valence electrons. The van der Waals surface area contributed by atoms with Gasteiger partial charge in [0.2, 0.25) is 0 Å². The summed E-state index contributed by atoms with van der Waals surface area (Å²) in [7, 11) is 3.51. The maximum Gasteiger partial charge on any atom is 0.352 e. The maximum atomic E-state index is 15.9. The molecule has 94 heavy (non-hydrogen) atoms. The van der Waals surface area contributed by atoms with Crippen LogP contribution in [-0.4, -0.2) is 84.5 Å². The molecule has 16 nitrogen and oxygen atoms in total. The van der Waals surface area contributed by atoms with Crippen molar-refractivity contribution in [2.45, 2.75) is 124 Å². The summed E-state index contributed by atoms with van der Waals surface area (Å²) >= 11 is 13.9. The van der Waals surface area contributed by atoms with Crippen LogP contribution in [0.25, 0.3) is 65.6 Å². The smallest absolute Gasteiger partial charge is 0.352 e. The summed E-state index contributed by atoms with van der Waals surface area (Å²) in [6.45, 7) is 13.3. The first-order valence-corrected chi connectivity index (χ1v) is 36.1. The van der Waals surface area contributed by atoms with Crippen molar-refractivity contribution in [1.29, 1.82) is 0 Å². The van der Waals surface area contributed by atoms with Crippen molar-refractivity contribution in [3.63, 3.8) is 0 Å². The number of fused-ring (bicyclic) bond motifs is 16. The minimum Gasteiger partial charge on any atom is -0.493 e. The number of hydrogen-bond donors (Lipinski definition) is 4. The Bertz CT molecular complexity index is 4600. The number of benzene rings is 6. The largest absolute Gasteiger partial charge is 0.493 e. The van der Waals surface area contributed by atoms with E-state index in [0.717, 1.165) is 133 Å². The average molecular weight is 1360 g/mol. The number of carboxylic acid groups (broad SMARTS) is 2. The summed E-state index contributed by atoms with van der Waals surface area (Å²) in [6.07, 6.45) is 2.23. The second kappa shape index (κ2) is 27.3. The molecule has 0 amide bonds. The van der Waals surface area contributed by atoms with E-state index in [9.17, 15) is 19.8 Å². The molecule has 6 aromatic carbocycles. The van der Waals surface area contributed by atoms with Crippen molar-refractivity contribution in [3.8, 4) is 33.8 Å². The average Bonchev–Trinajstić information content (AvgIpc) is 1.58. The second-order valence-electron chi connectivity index (χ2n) is 24.4. The lowest BCUT2D eigenvalue weighted by Crippen LogP contribution is -2.09. The third-order valence-electron chi connectivity index (χ3n) is 17.5. The number of aryl methyl sites for hydroxylation is 6. The quantitative estimate of drug-likeness (QED) is 0.130. The molecule has 0 fully saturated rings. The Balaban J connectivity index is 0.000000171. The standard InChI is InChI=1S/C36H36ClN5O3S2.C36H36FN5O3S2/c2*1-20(2)42-24-15-23(40-42)17-46-19-30-32(21(3)38-39-30)33-29(37)12-11-28-27(35(36(43)44)41(4)34(28)33)10-7-13-45-31-16-25(47-18-24)14-22-8-5-6-9-26(22)31/h2*5-6,8-9,11-12,14-16,20H,7,10,13,17-19H2,1-4H3,(H,38,39)(H,43,44). The molecular formula is C72H72ClFN10O6S4. The summed E-state index contributed by atoms with van der Waals surface area (Å²) in [5.41, 5.74) is 13.6. The number of carbonyl (C=O) groups is 2. The van der Waals surface area contributed by atoms with Gasteiger partial charge in [-0.05, 0) is 144 Å². The van der Waals surface area contributed by atoms with Gasteiger partial charge in [-0.2, -0.15) is 20.4 Å². The van der Waals surface area contributed by atoms with Gasteiger partial charge in [-0.15, -0.1) is 47.0 Å². The Kier molecular flexibility index (Phi) is 18.8. The van der Waals surface area contributed by atoms with Gasteiger partial charge >= 0.3 is 11.9 Å². The lowest BCUT2D eigenvalue weighted by Gasteiger charge is -2.13. The van der Waals surface area contributed by atoms with E-state index < -0.39 is 17.8 Å². The molecule has 0 atom stereocenters. The van der Waals surface area contributed by atoms with Crippen molar-refractivity contribution in [1.82, 2.24) is 49.1 Å². The maximum absolute atomic E-state index is 15.9. The Morgan fingerprint density at radius 2 is 1.01 bits per heavy atom. The number of rotatable bonds is 4. The minimum atomic E-state index is -1.05. The van der Waals surface area contributed by atoms with E-state index in [0.29, 0.717) is 83.4 Å². The van der Waals surface area contributed by atoms with Gasteiger partial charge in [0.05, 0.1) is 52.0 Å². The fraction of sp³-hybridized carbons (Fsp3) is 0.306. The van der Waals surface area contributed by atoms with Crippen molar-refractivity contribution in [2.75, 3.05) is 13.2 Å². The zero-order valence-corrected chi connectivity index (χ0v) is 57.5. The van der Waals surface area contributed by atoms with Crippen LogP contribution in [0.3, 0.4) is 0 Å². The van der Waals surface area contributed by atoms with Gasteiger partial charge in [0.25, 0.3) is 0 Å². The Labute approximate surface area is 565 Å². The molecule has 0 saturated heterocycles. The molecule has 0 unspecified atom stereocenters. The van der Waals surface area contributed by atoms with Crippen molar-refractivity contribution >= 4 is 114 Å². The predicted molar refractivity (Wildman–Crippen MR) is 379 cm³/mol. The number of hydrogen-bond acceptors (Lipinski definition) is 12. The molecule has 8 heterocycles. The van der Waals surface area contributed by atoms with Gasteiger partial charge < -0.3 is 28.8 Å². The predicted octanol–water partition coefficient (Wildman–Crippen LogP) is 17.9. The Morgan fingerprint density at radius 1 is 0.564 bits per heavy atom. The van der Waals surface area contributed by atoms with E-state index in [1.165, 1.54) is 11.8 Å². The van der Waals surface area contributed by atoms with Gasteiger partial charge in [0, 0.05) is 137 Å². The molecule has 12 aromatic rings. The van der Waals surface area contributed by atoms with Crippen LogP contribution in [-0.2, 0) is 61.5 Å². The highest BCUT2D eigenvalue weighted by molar-refractivity contribution is 7.99. The number of halogens is 2. The molecule has 14 rings (SSSR count). The van der Waals surface area contributed by atoms with Crippen molar-refractivity contribution in [3.05, 3.63) is 188 Å². The first kappa shape index (κ1) is 64.6. The van der Waals surface area contributed by atoms with Crippen LogP contribution in [0.2, 0.25) is 5.02 Å². The zero-order chi connectivity index (χ0) is 65.6. The molecule has 0 saturated carbocycles. The molecule has 0 radical (unpaired) electrons. The van der Waals surface area contributed by atoms with E-state index >= 15 is 4.39 Å². The summed E-state index contributed by atoms with van der Waals surface area (Å²) in [5.74, 6) is 3.33. The van der Waals surface area contributed by atoms with Crippen LogP contribution in [0.5, 0.6) is 11.5 Å². The van der Waals surface area contributed by atoms with Crippen LogP contribution in [0.1, 0.15) is 130 Å². The number of ether oxygens (including phenoxy) is 2. The SMILES string of the molecule is Cc1[nH]nc2c1-c1c(Cl)ccc3c(c(C(=O)O)n(C)c13)CCCOc1cc(cc3ccccc13)SCc1cc(nn1C(C)C)CSC2.Cc1[nH]nc2c1-c1c(F)ccc3c(c(C(=O)O)n(C)c13)CCCOc1cc(cc3ccccc13)SCc1cc(nn1C(C)C)CSC2. The molecule has 4 N–H and O–H groups in total. The van der Waals surface area contributed by atoms with Gasteiger partial charge in [0.1, 0.15) is 28.7 Å². The summed E-state index contributed by atoms with van der Waals surface area (Å²) in [6, 6.07) is 36.9. The third kappa shape index (κ3) is 12.6. The Hall–Kier alpha value is -8.08. The van der Waals surface area contributed by atoms with E-state index in [4.69, 9.17) is 31.3 Å². The number of thioether (sulfide) groups is 4. The monoisotopic (exact) mass is 1350 g/mol. The molecule has 0 aliphatic carbocycles. The van der Waals surface area contributed by atoms with Crippen molar-refractivity contribution < 1.29 is 33.7 Å². The lowest BCUT2D eigenvalue weighted by molar-refractivity contribution is 0.0675. The number of H-pyrrole nitrogens is 2. The fourth-order valence-electron chi connectivity index (χ4n) is 13.4. The first-order valence-electron chi connectivity index (χ1n) is 31.4. The summed E-state index contributed by atoms with van der Waals surface area (Å²) in [4.78, 5) is 27.6. The summed E-state index contributed by atoms with van der Waals surface area (Å²) in [5, 5.41) is 52.7. The number of aromatic carboxylic acids is 2. The summed E-state index contributed by atoms with van der Waals surface area (Å²) < 4.78 is 36.4. The van der Waals surface area contributed by atoms with Gasteiger partial charge in [-0.1, -0.05) is 66.2 Å². The van der Waals surface area contributed by atoms with Crippen LogP contribution < -0.4 is 9.47 Å². The highest BCUT2D eigenvalue weighted by Gasteiger charge is 2.30. The number of carboxylic acids is 2. The number of nitrogens with zero attached hydrogens (tertiary/aromatic N) is 8. The number of aromatic amines is 2. The molecule has 22 heteroatoms. The van der Waals surface area contributed by atoms with Crippen LogP contribution in [0.4, 0.5) is 4.39 Å². The third-order valence-corrected chi connectivity index (χ3v) is 21.8.